The van der Waals surface area contributed by atoms with E-state index >= 15 is 0 Å². The van der Waals surface area contributed by atoms with Crippen LogP contribution in [-0.4, -0.2) is 24.1 Å². The van der Waals surface area contributed by atoms with E-state index in [0.29, 0.717) is 17.1 Å². The summed E-state index contributed by atoms with van der Waals surface area (Å²) in [7, 11) is 1.52. The van der Waals surface area contributed by atoms with Gasteiger partial charge in [-0.3, -0.25) is 4.79 Å². The zero-order valence-corrected chi connectivity index (χ0v) is 15.3. The number of carbonyl (C=O) groups excluding carboxylic acids is 1. The molecule has 0 fully saturated rings. The number of hydrogen-bond donors (Lipinski definition) is 1. The molecule has 0 aromatic heterocycles. The normalized spacial score (nSPS) is 20.4. The Bertz CT molecular complexity index is 1060. The van der Waals surface area contributed by atoms with Crippen LogP contribution in [0, 0.1) is 11.8 Å². The van der Waals surface area contributed by atoms with E-state index in [2.05, 4.69) is 11.8 Å². The van der Waals surface area contributed by atoms with Crippen LogP contribution >= 0.6 is 0 Å². The van der Waals surface area contributed by atoms with Crippen LogP contribution in [-0.2, 0) is 5.60 Å². The van der Waals surface area contributed by atoms with Gasteiger partial charge in [0.25, 0.3) is 0 Å². The highest BCUT2D eigenvalue weighted by Crippen LogP contribution is 2.41. The Morgan fingerprint density at radius 2 is 1.68 bits per heavy atom. The fraction of sp³-hybridized carbons (Fsp3) is 0.125. The Labute approximate surface area is 163 Å². The van der Waals surface area contributed by atoms with Crippen molar-refractivity contribution in [1.82, 2.24) is 0 Å². The van der Waals surface area contributed by atoms with Gasteiger partial charge in [-0.1, -0.05) is 54.5 Å². The number of ketones is 1. The summed E-state index contributed by atoms with van der Waals surface area (Å²) in [5, 5.41) is 11.0. The average molecular weight is 370 g/mol. The Morgan fingerprint density at radius 1 is 1.00 bits per heavy atom. The molecule has 1 aliphatic heterocycles. The first-order valence-corrected chi connectivity index (χ1v) is 8.87. The molecule has 0 radical (unpaired) electrons. The maximum atomic E-state index is 13.0. The second-order valence-electron chi connectivity index (χ2n) is 6.45. The van der Waals surface area contributed by atoms with Crippen LogP contribution in [0.25, 0.3) is 0 Å². The molecule has 4 heteroatoms. The highest BCUT2D eigenvalue weighted by Gasteiger charge is 2.49. The third-order valence-corrected chi connectivity index (χ3v) is 4.73. The predicted octanol–water partition coefficient (Wildman–Crippen LogP) is 3.58. The highest BCUT2D eigenvalue weighted by atomic mass is 16.5. The lowest BCUT2D eigenvalue weighted by Gasteiger charge is -2.38. The topological polar surface area (TPSA) is 55.8 Å². The maximum absolute atomic E-state index is 13.0. The summed E-state index contributed by atoms with van der Waals surface area (Å²) in [6.07, 6.45) is -1.48. The molecular weight excluding hydrogens is 352 g/mol. The fourth-order valence-electron chi connectivity index (χ4n) is 3.23. The molecule has 0 amide bonds. The maximum Gasteiger partial charge on any atom is 0.228 e. The Morgan fingerprint density at radius 3 is 2.36 bits per heavy atom. The minimum absolute atomic E-state index is 0.278. The number of carbonyl (C=O) groups is 1. The first-order chi connectivity index (χ1) is 13.6. The van der Waals surface area contributed by atoms with Crippen molar-refractivity contribution in [2.45, 2.75) is 11.7 Å². The first kappa shape index (κ1) is 17.8. The zero-order valence-electron chi connectivity index (χ0n) is 15.3. The quantitative estimate of drug-likeness (QED) is 0.701. The van der Waals surface area contributed by atoms with E-state index in [0.717, 1.165) is 5.56 Å². The number of aliphatic hydroxyl groups is 1. The van der Waals surface area contributed by atoms with Gasteiger partial charge in [0, 0.05) is 11.1 Å². The Balaban J connectivity index is 1.89. The summed E-state index contributed by atoms with van der Waals surface area (Å²) in [5.74, 6) is 6.52. The van der Waals surface area contributed by atoms with Gasteiger partial charge < -0.3 is 14.6 Å². The van der Waals surface area contributed by atoms with E-state index in [1.165, 1.54) is 7.11 Å². The lowest BCUT2D eigenvalue weighted by molar-refractivity contribution is -0.0157. The summed E-state index contributed by atoms with van der Waals surface area (Å²) in [6.45, 7) is 0. The molecule has 138 valence electrons. The van der Waals surface area contributed by atoms with E-state index in [9.17, 15) is 9.90 Å². The van der Waals surface area contributed by atoms with Crippen molar-refractivity contribution in [3.8, 4) is 23.3 Å². The van der Waals surface area contributed by atoms with Gasteiger partial charge in [0.15, 0.2) is 6.10 Å². The van der Waals surface area contributed by atoms with Crippen molar-refractivity contribution in [3.05, 3.63) is 95.6 Å². The van der Waals surface area contributed by atoms with Crippen molar-refractivity contribution in [3.63, 3.8) is 0 Å². The predicted molar refractivity (Wildman–Crippen MR) is 105 cm³/mol. The molecule has 0 spiro atoms. The molecule has 2 atom stereocenters. The van der Waals surface area contributed by atoms with Crippen LogP contribution in [0.2, 0.25) is 0 Å². The summed E-state index contributed by atoms with van der Waals surface area (Å²) < 4.78 is 11.4. The van der Waals surface area contributed by atoms with Crippen LogP contribution in [0.3, 0.4) is 0 Å². The van der Waals surface area contributed by atoms with E-state index in [-0.39, 0.29) is 5.56 Å². The van der Waals surface area contributed by atoms with Gasteiger partial charge in [0.2, 0.25) is 11.4 Å². The molecule has 0 aliphatic carbocycles. The molecule has 1 aliphatic rings. The van der Waals surface area contributed by atoms with Gasteiger partial charge in [-0.05, 0) is 36.3 Å². The number of hydrogen-bond acceptors (Lipinski definition) is 4. The molecule has 1 heterocycles. The van der Waals surface area contributed by atoms with Gasteiger partial charge in [0.1, 0.15) is 11.5 Å². The number of benzene rings is 3. The largest absolute Gasteiger partial charge is 0.497 e. The van der Waals surface area contributed by atoms with E-state index in [1.54, 1.807) is 30.3 Å². The molecule has 3 aromatic carbocycles. The monoisotopic (exact) mass is 370 g/mol. The smallest absolute Gasteiger partial charge is 0.228 e. The standard InChI is InChI=1S/C24H18O4/c1-27-19-12-13-21-20(16-19)22(25)23(26)24(28-21,18-10-6-3-7-11-18)15-14-17-8-4-2-5-9-17/h2-13,16,23,26H,1H3/t23?,24-/m0/s1. The van der Waals surface area contributed by atoms with Crippen molar-refractivity contribution >= 4 is 5.78 Å². The van der Waals surface area contributed by atoms with Gasteiger partial charge in [-0.2, -0.15) is 0 Å². The lowest BCUT2D eigenvalue weighted by atomic mass is 9.81. The fourth-order valence-corrected chi connectivity index (χ4v) is 3.23. The molecule has 4 rings (SSSR count). The van der Waals surface area contributed by atoms with Gasteiger partial charge in [0.05, 0.1) is 12.7 Å². The molecular formula is C24H18O4. The molecule has 0 saturated carbocycles. The van der Waals surface area contributed by atoms with Crippen LogP contribution in [0.15, 0.2) is 78.9 Å². The van der Waals surface area contributed by atoms with Crippen LogP contribution in [0.4, 0.5) is 0 Å². The highest BCUT2D eigenvalue weighted by molar-refractivity contribution is 6.04. The number of Topliss-reactive ketones (excluding diaryl/α,β-unsaturated/α-hetero) is 1. The van der Waals surface area contributed by atoms with Crippen LogP contribution < -0.4 is 9.47 Å². The third kappa shape index (κ3) is 3.02. The van der Waals surface area contributed by atoms with Crippen molar-refractivity contribution in [2.75, 3.05) is 7.11 Å². The summed E-state index contributed by atoms with van der Waals surface area (Å²) >= 11 is 0. The number of ether oxygens (including phenoxy) is 2. The Kier molecular flexibility index (Phi) is 4.60. The number of methoxy groups -OCH3 is 1. The second-order valence-corrected chi connectivity index (χ2v) is 6.45. The van der Waals surface area contributed by atoms with Gasteiger partial charge in [-0.25, -0.2) is 0 Å². The molecule has 0 saturated heterocycles. The molecule has 28 heavy (non-hydrogen) atoms. The molecule has 1 N–H and O–H groups in total. The number of rotatable bonds is 2. The average Bonchev–Trinajstić information content (AvgIpc) is 2.76. The van der Waals surface area contributed by atoms with E-state index in [4.69, 9.17) is 9.47 Å². The third-order valence-electron chi connectivity index (χ3n) is 4.73. The minimum atomic E-state index is -1.50. The lowest BCUT2D eigenvalue weighted by Crippen LogP contribution is -2.51. The second kappa shape index (κ2) is 7.22. The molecule has 0 bridgehead atoms. The van der Waals surface area contributed by atoms with Crippen molar-refractivity contribution in [2.24, 2.45) is 0 Å². The molecule has 1 unspecified atom stereocenters. The van der Waals surface area contributed by atoms with Crippen LogP contribution in [0.5, 0.6) is 11.5 Å². The SMILES string of the molecule is COc1ccc2c(c1)C(=O)C(O)[C@](C#Cc1ccccc1)(c1ccccc1)O2. The van der Waals surface area contributed by atoms with Gasteiger partial charge >= 0.3 is 0 Å². The summed E-state index contributed by atoms with van der Waals surface area (Å²) in [4.78, 5) is 13.0. The summed E-state index contributed by atoms with van der Waals surface area (Å²) in [5.41, 5.74) is 0.151. The van der Waals surface area contributed by atoms with Crippen molar-refractivity contribution in [1.29, 1.82) is 0 Å². The number of fused-ring (bicyclic) bond motifs is 1. The molecule has 4 nitrogen and oxygen atoms in total. The minimum Gasteiger partial charge on any atom is -0.497 e. The first-order valence-electron chi connectivity index (χ1n) is 8.87. The molecule has 3 aromatic rings. The van der Waals surface area contributed by atoms with Crippen LogP contribution in [0.1, 0.15) is 21.5 Å². The Hall–Kier alpha value is -3.55. The van der Waals surface area contributed by atoms with Gasteiger partial charge in [-0.15, -0.1) is 0 Å². The zero-order chi connectivity index (χ0) is 19.6. The van der Waals surface area contributed by atoms with E-state index in [1.807, 2.05) is 48.5 Å². The van der Waals surface area contributed by atoms with E-state index < -0.39 is 17.5 Å². The van der Waals surface area contributed by atoms with Crippen molar-refractivity contribution < 1.29 is 19.4 Å². The summed E-state index contributed by atoms with van der Waals surface area (Å²) in [6, 6.07) is 23.4. The number of aliphatic hydroxyl groups excluding tert-OH is 1.